The zero-order chi connectivity index (χ0) is 13.7. The Morgan fingerprint density at radius 2 is 1.26 bits per heavy atom. The van der Waals surface area contributed by atoms with Crippen molar-refractivity contribution in [2.75, 3.05) is 13.2 Å². The van der Waals surface area contributed by atoms with Crippen LogP contribution in [0, 0.1) is 0 Å². The fraction of sp³-hybridized carbons (Fsp3) is 0.143. The van der Waals surface area contributed by atoms with E-state index in [0.29, 0.717) is 13.2 Å². The molecule has 0 spiro atoms. The molecule has 0 aromatic heterocycles. The van der Waals surface area contributed by atoms with E-state index in [0.717, 1.165) is 19.9 Å². The Labute approximate surface area is 130 Å². The normalized spacial score (nSPS) is 10.5. The molecule has 0 unspecified atom stereocenters. The predicted molar refractivity (Wildman–Crippen MR) is 88.3 cm³/mol. The van der Waals surface area contributed by atoms with Gasteiger partial charge >= 0.3 is 6.92 Å². The summed E-state index contributed by atoms with van der Waals surface area (Å²) in [6.45, 7) is 0.977. The molecule has 2 N–H and O–H groups in total. The molecule has 0 radical (unpaired) electrons. The largest absolute Gasteiger partial charge is 0.426 e. The topological polar surface area (TPSA) is 35.2 Å². The van der Waals surface area contributed by atoms with Crippen LogP contribution in [0.15, 0.2) is 57.5 Å². The Bertz CT molecular complexity index is 470. The lowest BCUT2D eigenvalue weighted by atomic mass is 9.55. The van der Waals surface area contributed by atoms with E-state index in [-0.39, 0.29) is 6.92 Å². The summed E-state index contributed by atoms with van der Waals surface area (Å²) in [5.74, 6) is 0. The van der Waals surface area contributed by atoms with Crippen LogP contribution in [0.1, 0.15) is 0 Å². The average molecular weight is 383 g/mol. The van der Waals surface area contributed by atoms with Gasteiger partial charge in [0.1, 0.15) is 0 Å². The van der Waals surface area contributed by atoms with E-state index in [9.17, 15) is 0 Å². The Kier molecular flexibility index (Phi) is 5.64. The second kappa shape index (κ2) is 7.24. The summed E-state index contributed by atoms with van der Waals surface area (Å²) in [6.07, 6.45) is 0. The van der Waals surface area contributed by atoms with Gasteiger partial charge in [-0.1, -0.05) is 56.1 Å². The van der Waals surface area contributed by atoms with Crippen LogP contribution in [0.25, 0.3) is 0 Å². The van der Waals surface area contributed by atoms with Gasteiger partial charge < -0.3 is 10.4 Å². The number of hydrogen-bond donors (Lipinski definition) is 1. The first kappa shape index (κ1) is 14.8. The van der Waals surface area contributed by atoms with Crippen LogP contribution in [0.3, 0.4) is 0 Å². The lowest BCUT2D eigenvalue weighted by Gasteiger charge is -2.15. The van der Waals surface area contributed by atoms with Crippen LogP contribution in [-0.4, -0.2) is 20.1 Å². The quantitative estimate of drug-likeness (QED) is 0.805. The average Bonchev–Trinajstić information content (AvgIpc) is 2.43. The number of rotatable bonds is 5. The first-order valence-electron chi connectivity index (χ1n) is 6.03. The van der Waals surface area contributed by atoms with Gasteiger partial charge in [-0.25, -0.2) is 0 Å². The highest BCUT2D eigenvalue weighted by Gasteiger charge is 2.20. The molecule has 0 saturated carbocycles. The molecule has 0 amide bonds. The van der Waals surface area contributed by atoms with Crippen molar-refractivity contribution < 1.29 is 4.65 Å². The zero-order valence-electron chi connectivity index (χ0n) is 10.4. The predicted octanol–water partition coefficient (Wildman–Crippen LogP) is 2.29. The summed E-state index contributed by atoms with van der Waals surface area (Å²) < 4.78 is 8.01. The third-order valence-electron chi connectivity index (χ3n) is 2.75. The maximum Gasteiger partial charge on any atom is 0.361 e. The van der Waals surface area contributed by atoms with Gasteiger partial charge in [0, 0.05) is 22.1 Å². The van der Waals surface area contributed by atoms with Crippen LogP contribution in [-0.2, 0) is 4.65 Å². The molecule has 0 atom stereocenters. The molecule has 0 heterocycles. The molecule has 0 bridgehead atoms. The molecule has 5 heteroatoms. The molecule has 19 heavy (non-hydrogen) atoms. The Morgan fingerprint density at radius 1 is 0.842 bits per heavy atom. The van der Waals surface area contributed by atoms with Crippen LogP contribution in [0.4, 0.5) is 0 Å². The Morgan fingerprint density at radius 3 is 1.63 bits per heavy atom. The molecule has 0 fully saturated rings. The van der Waals surface area contributed by atoms with E-state index < -0.39 is 0 Å². The summed E-state index contributed by atoms with van der Waals surface area (Å²) in [4.78, 5) is 0. The van der Waals surface area contributed by atoms with Gasteiger partial charge in [-0.15, -0.1) is 0 Å². The fourth-order valence-corrected chi connectivity index (χ4v) is 2.37. The van der Waals surface area contributed by atoms with E-state index in [4.69, 9.17) is 10.4 Å². The number of nitrogens with two attached hydrogens (primary N) is 1. The van der Waals surface area contributed by atoms with Crippen LogP contribution >= 0.6 is 31.9 Å². The van der Waals surface area contributed by atoms with Crippen molar-refractivity contribution in [2.45, 2.75) is 0 Å². The van der Waals surface area contributed by atoms with Gasteiger partial charge in [-0.3, -0.25) is 0 Å². The summed E-state index contributed by atoms with van der Waals surface area (Å²) in [5.41, 5.74) is 7.79. The molecule has 0 aliphatic carbocycles. The van der Waals surface area contributed by atoms with Crippen molar-refractivity contribution in [3.05, 3.63) is 57.5 Å². The van der Waals surface area contributed by atoms with Gasteiger partial charge in [0.05, 0.1) is 0 Å². The van der Waals surface area contributed by atoms with Crippen molar-refractivity contribution in [3.63, 3.8) is 0 Å². The van der Waals surface area contributed by atoms with E-state index in [2.05, 4.69) is 56.1 Å². The van der Waals surface area contributed by atoms with Gasteiger partial charge in [0.15, 0.2) is 0 Å². The Hall–Kier alpha value is -0.615. The Balaban J connectivity index is 2.29. The molecule has 98 valence electrons. The highest BCUT2D eigenvalue weighted by molar-refractivity contribution is 9.10. The number of halogens is 2. The van der Waals surface area contributed by atoms with Crippen LogP contribution in [0.2, 0.25) is 0 Å². The molecular formula is C14H14BBr2NO. The van der Waals surface area contributed by atoms with Crippen molar-refractivity contribution in [1.82, 2.24) is 0 Å². The minimum Gasteiger partial charge on any atom is -0.426 e. The molecule has 2 nitrogen and oxygen atoms in total. The molecule has 2 rings (SSSR count). The summed E-state index contributed by atoms with van der Waals surface area (Å²) in [5, 5.41) is 0. The third-order valence-corrected chi connectivity index (χ3v) is 3.81. The van der Waals surface area contributed by atoms with Crippen molar-refractivity contribution in [3.8, 4) is 0 Å². The lowest BCUT2D eigenvalue weighted by molar-refractivity contribution is 0.344. The van der Waals surface area contributed by atoms with Gasteiger partial charge in [0.25, 0.3) is 0 Å². The van der Waals surface area contributed by atoms with Crippen molar-refractivity contribution >= 4 is 49.7 Å². The second-order valence-corrected chi connectivity index (χ2v) is 5.97. The SMILES string of the molecule is NCCOB(c1ccc(Br)cc1)c1ccc(Br)cc1. The first-order valence-corrected chi connectivity index (χ1v) is 7.62. The van der Waals surface area contributed by atoms with E-state index in [1.165, 1.54) is 0 Å². The fourth-order valence-electron chi connectivity index (χ4n) is 1.85. The first-order chi connectivity index (χ1) is 9.20. The smallest absolute Gasteiger partial charge is 0.361 e. The molecule has 0 aliphatic rings. The van der Waals surface area contributed by atoms with E-state index in [1.807, 2.05) is 24.3 Å². The van der Waals surface area contributed by atoms with Crippen LogP contribution in [0.5, 0.6) is 0 Å². The lowest BCUT2D eigenvalue weighted by Crippen LogP contribution is -2.45. The molecular weight excluding hydrogens is 369 g/mol. The second-order valence-electron chi connectivity index (χ2n) is 4.14. The zero-order valence-corrected chi connectivity index (χ0v) is 13.5. The molecule has 0 saturated heterocycles. The van der Waals surface area contributed by atoms with Crippen LogP contribution < -0.4 is 16.7 Å². The maximum atomic E-state index is 5.89. The summed E-state index contributed by atoms with van der Waals surface area (Å²) in [6, 6.07) is 16.3. The highest BCUT2D eigenvalue weighted by atomic mass is 79.9. The highest BCUT2D eigenvalue weighted by Crippen LogP contribution is 2.08. The monoisotopic (exact) mass is 381 g/mol. The molecule has 2 aromatic rings. The van der Waals surface area contributed by atoms with Gasteiger partial charge in [-0.2, -0.15) is 0 Å². The number of hydrogen-bond acceptors (Lipinski definition) is 2. The molecule has 0 aliphatic heterocycles. The minimum atomic E-state index is -0.0789. The minimum absolute atomic E-state index is 0.0789. The van der Waals surface area contributed by atoms with Gasteiger partial charge in [-0.05, 0) is 35.2 Å². The van der Waals surface area contributed by atoms with Crippen molar-refractivity contribution in [1.29, 1.82) is 0 Å². The van der Waals surface area contributed by atoms with E-state index in [1.54, 1.807) is 0 Å². The maximum absolute atomic E-state index is 5.89. The third kappa shape index (κ3) is 4.18. The van der Waals surface area contributed by atoms with E-state index >= 15 is 0 Å². The summed E-state index contributed by atoms with van der Waals surface area (Å²) in [7, 11) is 0. The van der Waals surface area contributed by atoms with Gasteiger partial charge in [0.2, 0.25) is 0 Å². The van der Waals surface area contributed by atoms with Crippen molar-refractivity contribution in [2.24, 2.45) is 5.73 Å². The summed E-state index contributed by atoms with van der Waals surface area (Å²) >= 11 is 6.89. The standard InChI is InChI=1S/C14H14BBr2NO/c16-13-5-1-11(2-6-13)15(19-10-9-18)12-3-7-14(17)8-4-12/h1-8H,9-10,18H2. The number of benzene rings is 2. The molecule has 2 aromatic carbocycles.